The highest BCUT2D eigenvalue weighted by molar-refractivity contribution is 5.91. The van der Waals surface area contributed by atoms with Gasteiger partial charge in [0.05, 0.1) is 6.20 Å². The van der Waals surface area contributed by atoms with E-state index in [2.05, 4.69) is 28.7 Å². The standard InChI is InChI=1S/C17H20N4O/c1-13(17(18)22)9-15-11-20(10-14-5-3-2-4-6-14)16-7-8-19-21(16)12-15/h2-8,15H,1,9-12H2,(H2,18,22)/t15-/m0/s1. The molecule has 3 rings (SSSR count). The molecule has 5 heteroatoms. The molecule has 2 heterocycles. The zero-order chi connectivity index (χ0) is 15.5. The van der Waals surface area contributed by atoms with Crippen LogP contribution in [0.2, 0.25) is 0 Å². The highest BCUT2D eigenvalue weighted by Gasteiger charge is 2.26. The lowest BCUT2D eigenvalue weighted by Crippen LogP contribution is -2.38. The van der Waals surface area contributed by atoms with Crippen molar-refractivity contribution in [2.75, 3.05) is 11.4 Å². The van der Waals surface area contributed by atoms with E-state index < -0.39 is 5.91 Å². The second-order valence-corrected chi connectivity index (χ2v) is 5.78. The molecule has 1 aliphatic heterocycles. The quantitative estimate of drug-likeness (QED) is 0.858. The first kappa shape index (κ1) is 14.4. The van der Waals surface area contributed by atoms with E-state index in [9.17, 15) is 4.79 Å². The number of benzene rings is 1. The minimum atomic E-state index is -0.416. The van der Waals surface area contributed by atoms with Gasteiger partial charge in [-0.2, -0.15) is 5.10 Å². The Kier molecular flexibility index (Phi) is 3.96. The Balaban J connectivity index is 1.77. The molecule has 0 fully saturated rings. The first-order chi connectivity index (χ1) is 10.6. The van der Waals surface area contributed by atoms with E-state index in [0.717, 1.165) is 25.5 Å². The first-order valence-electron chi connectivity index (χ1n) is 7.41. The molecule has 0 saturated carbocycles. The lowest BCUT2D eigenvalue weighted by atomic mass is 9.97. The molecule has 1 aromatic heterocycles. The molecule has 1 atom stereocenters. The van der Waals surface area contributed by atoms with Gasteiger partial charge in [-0.25, -0.2) is 4.68 Å². The molecule has 1 aromatic carbocycles. The number of anilines is 1. The number of nitrogens with two attached hydrogens (primary N) is 1. The number of rotatable bonds is 5. The predicted octanol–water partition coefficient (Wildman–Crippen LogP) is 1.95. The molecule has 0 radical (unpaired) electrons. The van der Waals surface area contributed by atoms with E-state index in [1.54, 1.807) is 0 Å². The van der Waals surface area contributed by atoms with Crippen LogP contribution < -0.4 is 10.6 Å². The number of fused-ring (bicyclic) bond motifs is 1. The van der Waals surface area contributed by atoms with Crippen LogP contribution in [0.25, 0.3) is 0 Å². The van der Waals surface area contributed by atoms with E-state index in [4.69, 9.17) is 5.73 Å². The van der Waals surface area contributed by atoms with Crippen molar-refractivity contribution in [2.24, 2.45) is 11.7 Å². The lowest BCUT2D eigenvalue weighted by Gasteiger charge is -2.35. The summed E-state index contributed by atoms with van der Waals surface area (Å²) >= 11 is 0. The zero-order valence-corrected chi connectivity index (χ0v) is 12.5. The van der Waals surface area contributed by atoms with Crippen molar-refractivity contribution in [3.8, 4) is 0 Å². The third-order valence-corrected chi connectivity index (χ3v) is 4.03. The minimum absolute atomic E-state index is 0.288. The topological polar surface area (TPSA) is 64.2 Å². The Labute approximate surface area is 130 Å². The Hall–Kier alpha value is -2.56. The molecule has 2 aromatic rings. The molecule has 2 N–H and O–H groups in total. The number of carbonyl (C=O) groups excluding carboxylic acids is 1. The molecule has 5 nitrogen and oxygen atoms in total. The van der Waals surface area contributed by atoms with Crippen LogP contribution in [0.3, 0.4) is 0 Å². The van der Waals surface area contributed by atoms with Gasteiger partial charge in [0.1, 0.15) is 5.82 Å². The molecular formula is C17H20N4O. The summed E-state index contributed by atoms with van der Waals surface area (Å²) in [5.74, 6) is 0.988. The number of hydrogen-bond acceptors (Lipinski definition) is 3. The van der Waals surface area contributed by atoms with E-state index in [-0.39, 0.29) is 5.92 Å². The van der Waals surface area contributed by atoms with Crippen molar-refractivity contribution in [1.82, 2.24) is 9.78 Å². The Morgan fingerprint density at radius 3 is 2.77 bits per heavy atom. The van der Waals surface area contributed by atoms with Gasteiger partial charge in [-0.15, -0.1) is 0 Å². The fourth-order valence-corrected chi connectivity index (χ4v) is 2.97. The number of hydrogen-bond donors (Lipinski definition) is 1. The average Bonchev–Trinajstić information content (AvgIpc) is 2.97. The summed E-state index contributed by atoms with van der Waals surface area (Å²) in [6, 6.07) is 12.4. The van der Waals surface area contributed by atoms with E-state index in [1.807, 2.05) is 35.1 Å². The van der Waals surface area contributed by atoms with Crippen LogP contribution in [-0.4, -0.2) is 22.2 Å². The maximum Gasteiger partial charge on any atom is 0.244 e. The Bertz CT molecular complexity index is 677. The molecule has 0 aliphatic carbocycles. The number of amides is 1. The number of nitrogens with zero attached hydrogens (tertiary/aromatic N) is 3. The molecule has 22 heavy (non-hydrogen) atoms. The van der Waals surface area contributed by atoms with E-state index >= 15 is 0 Å². The largest absolute Gasteiger partial charge is 0.366 e. The highest BCUT2D eigenvalue weighted by atomic mass is 16.1. The number of carbonyl (C=O) groups is 1. The molecule has 0 spiro atoms. The van der Waals surface area contributed by atoms with Crippen LogP contribution in [0.5, 0.6) is 0 Å². The van der Waals surface area contributed by atoms with Crippen LogP contribution in [0.1, 0.15) is 12.0 Å². The first-order valence-corrected chi connectivity index (χ1v) is 7.41. The molecule has 0 bridgehead atoms. The maximum absolute atomic E-state index is 11.2. The lowest BCUT2D eigenvalue weighted by molar-refractivity contribution is -0.114. The average molecular weight is 296 g/mol. The van der Waals surface area contributed by atoms with Crippen molar-refractivity contribution in [3.05, 3.63) is 60.3 Å². The van der Waals surface area contributed by atoms with Gasteiger partial charge >= 0.3 is 0 Å². The van der Waals surface area contributed by atoms with Gasteiger partial charge in [0.15, 0.2) is 0 Å². The Morgan fingerprint density at radius 2 is 2.05 bits per heavy atom. The summed E-state index contributed by atoms with van der Waals surface area (Å²) < 4.78 is 1.99. The van der Waals surface area contributed by atoms with Gasteiger partial charge in [-0.05, 0) is 12.0 Å². The Morgan fingerprint density at radius 1 is 1.27 bits per heavy atom. The van der Waals surface area contributed by atoms with Crippen molar-refractivity contribution in [3.63, 3.8) is 0 Å². The van der Waals surface area contributed by atoms with Crippen molar-refractivity contribution in [2.45, 2.75) is 19.5 Å². The normalized spacial score (nSPS) is 17.1. The SMILES string of the molecule is C=C(C[C@H]1CN(Cc2ccccc2)c2ccnn2C1)C(N)=O. The predicted molar refractivity (Wildman–Crippen MR) is 86.2 cm³/mol. The van der Waals surface area contributed by atoms with Crippen LogP contribution in [0.4, 0.5) is 5.82 Å². The molecule has 0 saturated heterocycles. The molecule has 114 valence electrons. The maximum atomic E-state index is 11.2. The summed E-state index contributed by atoms with van der Waals surface area (Å²) in [7, 11) is 0. The van der Waals surface area contributed by atoms with Gasteiger partial charge in [0, 0.05) is 37.2 Å². The third-order valence-electron chi connectivity index (χ3n) is 4.03. The van der Waals surface area contributed by atoms with Gasteiger partial charge in [-0.3, -0.25) is 4.79 Å². The fraction of sp³-hybridized carbons (Fsp3) is 0.294. The summed E-state index contributed by atoms with van der Waals surface area (Å²) in [6.45, 7) is 6.26. The third kappa shape index (κ3) is 3.03. The zero-order valence-electron chi connectivity index (χ0n) is 12.5. The minimum Gasteiger partial charge on any atom is -0.366 e. The van der Waals surface area contributed by atoms with Crippen LogP contribution >= 0.6 is 0 Å². The fourth-order valence-electron chi connectivity index (χ4n) is 2.97. The molecule has 1 aliphatic rings. The van der Waals surface area contributed by atoms with Gasteiger partial charge in [-0.1, -0.05) is 36.9 Å². The van der Waals surface area contributed by atoms with Gasteiger partial charge in [0.2, 0.25) is 5.91 Å². The molecule has 0 unspecified atom stereocenters. The summed E-state index contributed by atoms with van der Waals surface area (Å²) in [6.07, 6.45) is 2.43. The van der Waals surface area contributed by atoms with Gasteiger partial charge < -0.3 is 10.6 Å². The van der Waals surface area contributed by atoms with Crippen molar-refractivity contribution >= 4 is 11.7 Å². The van der Waals surface area contributed by atoms with Crippen molar-refractivity contribution < 1.29 is 4.79 Å². The van der Waals surface area contributed by atoms with Crippen LogP contribution in [0, 0.1) is 5.92 Å². The summed E-state index contributed by atoms with van der Waals surface area (Å²) in [4.78, 5) is 13.5. The van der Waals surface area contributed by atoms with Crippen LogP contribution in [-0.2, 0) is 17.9 Å². The number of primary amides is 1. The smallest absolute Gasteiger partial charge is 0.244 e. The molecule has 1 amide bonds. The molecular weight excluding hydrogens is 276 g/mol. The highest BCUT2D eigenvalue weighted by Crippen LogP contribution is 2.27. The summed E-state index contributed by atoms with van der Waals surface area (Å²) in [5.41, 5.74) is 7.05. The number of aromatic nitrogens is 2. The summed E-state index contributed by atoms with van der Waals surface area (Å²) in [5, 5.41) is 4.38. The van der Waals surface area contributed by atoms with E-state index in [1.165, 1.54) is 5.56 Å². The van der Waals surface area contributed by atoms with Crippen LogP contribution in [0.15, 0.2) is 54.7 Å². The van der Waals surface area contributed by atoms with E-state index in [0.29, 0.717) is 12.0 Å². The second kappa shape index (κ2) is 6.05. The second-order valence-electron chi connectivity index (χ2n) is 5.78. The van der Waals surface area contributed by atoms with Gasteiger partial charge in [0.25, 0.3) is 0 Å². The monoisotopic (exact) mass is 296 g/mol. The van der Waals surface area contributed by atoms with Crippen molar-refractivity contribution in [1.29, 1.82) is 0 Å².